The second-order valence-electron chi connectivity index (χ2n) is 4.70. The molecule has 1 heterocycles. The van der Waals surface area contributed by atoms with Gasteiger partial charge in [0.15, 0.2) is 0 Å². The number of carbonyl (C=O) groups excluding carboxylic acids is 2. The maximum absolute atomic E-state index is 11.7. The van der Waals surface area contributed by atoms with E-state index in [1.165, 1.54) is 5.57 Å². The normalized spacial score (nSPS) is 14.8. The second-order valence-corrected chi connectivity index (χ2v) is 4.70. The molecule has 0 saturated heterocycles. The molecule has 0 atom stereocenters. The van der Waals surface area contributed by atoms with Crippen molar-refractivity contribution in [2.45, 2.75) is 39.0 Å². The highest BCUT2D eigenvalue weighted by molar-refractivity contribution is 5.94. The van der Waals surface area contributed by atoms with E-state index in [9.17, 15) is 14.4 Å². The van der Waals surface area contributed by atoms with Crippen LogP contribution in [0.25, 0.3) is 0 Å². The van der Waals surface area contributed by atoms with Crippen molar-refractivity contribution in [2.24, 2.45) is 0 Å². The van der Waals surface area contributed by atoms with Crippen molar-refractivity contribution in [1.29, 1.82) is 0 Å². The molecule has 1 aliphatic rings. The summed E-state index contributed by atoms with van der Waals surface area (Å²) in [5, 5.41) is 10.8. The topological polar surface area (TPSA) is 86.7 Å². The molecule has 0 aliphatic carbocycles. The van der Waals surface area contributed by atoms with Gasteiger partial charge >= 0.3 is 12.0 Å². The number of nitrogens with one attached hydrogen (secondary N) is 1. The first kappa shape index (κ1) is 15.2. The standard InChI is InChI=1S/C13H20N2O4/c1-10-6-8-15(9-7-10)13(19)14-11(16)4-2-3-5-12(17)18/h6H,2-5,7-9H2,1H3,(H,17,18)(H,14,16,19). The molecule has 0 aromatic carbocycles. The lowest BCUT2D eigenvalue weighted by Gasteiger charge is -2.25. The van der Waals surface area contributed by atoms with Crippen molar-refractivity contribution < 1.29 is 19.5 Å². The van der Waals surface area contributed by atoms with Gasteiger partial charge in [0, 0.05) is 25.9 Å². The number of carbonyl (C=O) groups is 3. The molecule has 0 bridgehead atoms. The summed E-state index contributed by atoms with van der Waals surface area (Å²) < 4.78 is 0. The number of unbranched alkanes of at least 4 members (excludes halogenated alkanes) is 1. The number of nitrogens with zero attached hydrogens (tertiary/aromatic N) is 1. The monoisotopic (exact) mass is 268 g/mol. The zero-order valence-electron chi connectivity index (χ0n) is 11.1. The Morgan fingerprint density at radius 2 is 2.00 bits per heavy atom. The molecular formula is C13H20N2O4. The van der Waals surface area contributed by atoms with Crippen LogP contribution in [-0.2, 0) is 9.59 Å². The molecular weight excluding hydrogens is 248 g/mol. The fourth-order valence-electron chi connectivity index (χ4n) is 1.78. The van der Waals surface area contributed by atoms with E-state index in [1.54, 1.807) is 4.90 Å². The van der Waals surface area contributed by atoms with Gasteiger partial charge in [0.25, 0.3) is 0 Å². The quantitative estimate of drug-likeness (QED) is 0.584. The van der Waals surface area contributed by atoms with Crippen LogP contribution in [0.2, 0.25) is 0 Å². The lowest BCUT2D eigenvalue weighted by Crippen LogP contribution is -2.44. The number of carboxylic acids is 1. The molecule has 0 saturated carbocycles. The third kappa shape index (κ3) is 6.03. The van der Waals surface area contributed by atoms with Crippen LogP contribution < -0.4 is 5.32 Å². The maximum atomic E-state index is 11.7. The van der Waals surface area contributed by atoms with E-state index in [-0.39, 0.29) is 24.8 Å². The predicted octanol–water partition coefficient (Wildman–Crippen LogP) is 1.52. The number of carboxylic acid groups (broad SMARTS) is 1. The fourth-order valence-corrected chi connectivity index (χ4v) is 1.78. The van der Waals surface area contributed by atoms with E-state index in [1.807, 2.05) is 13.0 Å². The van der Waals surface area contributed by atoms with Gasteiger partial charge in [0.05, 0.1) is 0 Å². The highest BCUT2D eigenvalue weighted by Gasteiger charge is 2.17. The van der Waals surface area contributed by atoms with Crippen molar-refractivity contribution >= 4 is 17.9 Å². The number of imide groups is 1. The van der Waals surface area contributed by atoms with Crippen LogP contribution in [0.1, 0.15) is 39.0 Å². The van der Waals surface area contributed by atoms with E-state index < -0.39 is 5.97 Å². The summed E-state index contributed by atoms with van der Waals surface area (Å²) >= 11 is 0. The molecule has 3 amide bonds. The lowest BCUT2D eigenvalue weighted by atomic mass is 10.1. The Labute approximate surface area is 112 Å². The summed E-state index contributed by atoms with van der Waals surface area (Å²) in [7, 11) is 0. The third-order valence-corrected chi connectivity index (χ3v) is 3.01. The van der Waals surface area contributed by atoms with Crippen LogP contribution in [0.3, 0.4) is 0 Å². The molecule has 106 valence electrons. The Morgan fingerprint density at radius 3 is 2.58 bits per heavy atom. The summed E-state index contributed by atoms with van der Waals surface area (Å²) in [6, 6.07) is -0.369. The van der Waals surface area contributed by atoms with Gasteiger partial charge in [-0.05, 0) is 26.2 Å². The number of hydrogen-bond donors (Lipinski definition) is 2. The molecule has 0 unspecified atom stereocenters. The first-order chi connectivity index (χ1) is 8.99. The van der Waals surface area contributed by atoms with E-state index in [0.29, 0.717) is 25.9 Å². The van der Waals surface area contributed by atoms with Crippen molar-refractivity contribution in [2.75, 3.05) is 13.1 Å². The van der Waals surface area contributed by atoms with Crippen molar-refractivity contribution in [3.63, 3.8) is 0 Å². The molecule has 0 radical (unpaired) electrons. The van der Waals surface area contributed by atoms with Crippen molar-refractivity contribution in [1.82, 2.24) is 10.2 Å². The third-order valence-electron chi connectivity index (χ3n) is 3.01. The molecule has 6 nitrogen and oxygen atoms in total. The van der Waals surface area contributed by atoms with Crippen molar-refractivity contribution in [3.8, 4) is 0 Å². The lowest BCUT2D eigenvalue weighted by molar-refractivity contribution is -0.137. The van der Waals surface area contributed by atoms with Gasteiger partial charge in [-0.1, -0.05) is 11.6 Å². The molecule has 0 aromatic heterocycles. The number of amides is 3. The fraction of sp³-hybridized carbons (Fsp3) is 0.615. The van der Waals surface area contributed by atoms with E-state index in [2.05, 4.69) is 5.32 Å². The van der Waals surface area contributed by atoms with Crippen LogP contribution in [0.4, 0.5) is 4.79 Å². The largest absolute Gasteiger partial charge is 0.481 e. The maximum Gasteiger partial charge on any atom is 0.324 e. The Hall–Kier alpha value is -1.85. The Kier molecular flexibility index (Phi) is 6.05. The molecule has 6 heteroatoms. The summed E-state index contributed by atoms with van der Waals surface area (Å²) in [5.74, 6) is -1.21. The minimum atomic E-state index is -0.869. The molecule has 1 aliphatic heterocycles. The first-order valence-corrected chi connectivity index (χ1v) is 6.45. The van der Waals surface area contributed by atoms with Gasteiger partial charge in [-0.3, -0.25) is 14.9 Å². The Morgan fingerprint density at radius 1 is 1.32 bits per heavy atom. The van der Waals surface area contributed by atoms with Crippen LogP contribution >= 0.6 is 0 Å². The average molecular weight is 268 g/mol. The Balaban J connectivity index is 2.21. The van der Waals surface area contributed by atoms with Crippen LogP contribution in [-0.4, -0.2) is 41.0 Å². The molecule has 0 aromatic rings. The molecule has 0 fully saturated rings. The summed E-state index contributed by atoms with van der Waals surface area (Å²) in [6.45, 7) is 3.17. The van der Waals surface area contributed by atoms with Gasteiger partial charge < -0.3 is 10.0 Å². The van der Waals surface area contributed by atoms with Gasteiger partial charge in [-0.2, -0.15) is 0 Å². The SMILES string of the molecule is CC1=CCN(C(=O)NC(=O)CCCCC(=O)O)CC1. The van der Waals surface area contributed by atoms with Crippen LogP contribution in [0.5, 0.6) is 0 Å². The first-order valence-electron chi connectivity index (χ1n) is 6.45. The average Bonchev–Trinajstić information content (AvgIpc) is 2.35. The number of aliphatic carboxylic acids is 1. The van der Waals surface area contributed by atoms with E-state index >= 15 is 0 Å². The summed E-state index contributed by atoms with van der Waals surface area (Å²) in [5.41, 5.74) is 1.25. The van der Waals surface area contributed by atoms with E-state index in [4.69, 9.17) is 5.11 Å². The minimum absolute atomic E-state index is 0.0530. The molecule has 2 N–H and O–H groups in total. The zero-order valence-corrected chi connectivity index (χ0v) is 11.1. The number of rotatable bonds is 5. The summed E-state index contributed by atoms with van der Waals surface area (Å²) in [4.78, 5) is 35.1. The van der Waals surface area contributed by atoms with E-state index in [0.717, 1.165) is 6.42 Å². The Bertz CT molecular complexity index is 390. The smallest absolute Gasteiger partial charge is 0.324 e. The minimum Gasteiger partial charge on any atom is -0.481 e. The van der Waals surface area contributed by atoms with Crippen LogP contribution in [0.15, 0.2) is 11.6 Å². The molecule has 19 heavy (non-hydrogen) atoms. The number of hydrogen-bond acceptors (Lipinski definition) is 3. The van der Waals surface area contributed by atoms with Crippen molar-refractivity contribution in [3.05, 3.63) is 11.6 Å². The van der Waals surface area contributed by atoms with Gasteiger partial charge in [-0.25, -0.2) is 4.79 Å². The van der Waals surface area contributed by atoms with Crippen LogP contribution in [0, 0.1) is 0 Å². The predicted molar refractivity (Wildman–Crippen MR) is 69.6 cm³/mol. The zero-order chi connectivity index (χ0) is 14.3. The second kappa shape index (κ2) is 7.56. The highest BCUT2D eigenvalue weighted by atomic mass is 16.4. The van der Waals surface area contributed by atoms with Gasteiger partial charge in [-0.15, -0.1) is 0 Å². The summed E-state index contributed by atoms with van der Waals surface area (Å²) in [6.07, 6.45) is 3.97. The molecule has 0 spiro atoms. The molecule has 1 rings (SSSR count). The number of urea groups is 1. The van der Waals surface area contributed by atoms with Gasteiger partial charge in [0.2, 0.25) is 5.91 Å². The van der Waals surface area contributed by atoms with Gasteiger partial charge in [0.1, 0.15) is 0 Å². The highest BCUT2D eigenvalue weighted by Crippen LogP contribution is 2.09.